The molecule has 0 heterocycles. The Labute approximate surface area is 103 Å². The largest absolute Gasteiger partial charge is 0.382 e. The number of nitrogens with one attached hydrogen (secondary N) is 1. The highest BCUT2D eigenvalue weighted by molar-refractivity contribution is 7.98. The highest BCUT2D eigenvalue weighted by Gasteiger charge is 2.20. The van der Waals surface area contributed by atoms with Gasteiger partial charge in [0.25, 0.3) is 0 Å². The summed E-state index contributed by atoms with van der Waals surface area (Å²) >= 11 is 1.81. The molecule has 88 valence electrons. The van der Waals surface area contributed by atoms with E-state index in [0.717, 1.165) is 5.92 Å². The lowest BCUT2D eigenvalue weighted by Gasteiger charge is -2.30. The number of hydrogen-bond donors (Lipinski definition) is 1. The fraction of sp³-hybridized carbons (Fsp3) is 0.571. The van der Waals surface area contributed by atoms with Crippen LogP contribution in [0, 0.1) is 5.92 Å². The number of anilines is 1. The molecule has 0 saturated heterocycles. The molecule has 2 heteroatoms. The second-order valence-electron chi connectivity index (χ2n) is 4.74. The molecule has 1 aromatic rings. The summed E-state index contributed by atoms with van der Waals surface area (Å²) in [4.78, 5) is 1.34. The molecule has 0 bridgehead atoms. The topological polar surface area (TPSA) is 12.0 Å². The van der Waals surface area contributed by atoms with Gasteiger partial charge in [0.2, 0.25) is 0 Å². The van der Waals surface area contributed by atoms with Crippen molar-refractivity contribution in [1.29, 1.82) is 0 Å². The van der Waals surface area contributed by atoms with Crippen molar-refractivity contribution in [2.75, 3.05) is 11.6 Å². The van der Waals surface area contributed by atoms with Crippen LogP contribution in [0.2, 0.25) is 0 Å². The minimum Gasteiger partial charge on any atom is -0.382 e. The van der Waals surface area contributed by atoms with Crippen LogP contribution in [0.25, 0.3) is 0 Å². The molecule has 2 rings (SSSR count). The molecule has 2 unspecified atom stereocenters. The molecule has 1 fully saturated rings. The quantitative estimate of drug-likeness (QED) is 0.779. The first kappa shape index (κ1) is 11.8. The zero-order chi connectivity index (χ0) is 11.4. The summed E-state index contributed by atoms with van der Waals surface area (Å²) in [5.41, 5.74) is 1.28. The Morgan fingerprint density at radius 3 is 2.81 bits per heavy atom. The highest BCUT2D eigenvalue weighted by Crippen LogP contribution is 2.27. The van der Waals surface area contributed by atoms with Crippen molar-refractivity contribution in [2.24, 2.45) is 5.92 Å². The average molecular weight is 235 g/mol. The van der Waals surface area contributed by atoms with Crippen LogP contribution in [0.1, 0.15) is 32.6 Å². The third-order valence-corrected chi connectivity index (χ3v) is 4.26. The lowest BCUT2D eigenvalue weighted by molar-refractivity contribution is 0.349. The second kappa shape index (κ2) is 5.62. The number of rotatable bonds is 3. The molecule has 0 amide bonds. The Kier molecular flexibility index (Phi) is 4.16. The smallest absolute Gasteiger partial charge is 0.0353 e. The Bertz CT molecular complexity index is 337. The molecule has 0 spiro atoms. The minimum absolute atomic E-state index is 0.672. The van der Waals surface area contributed by atoms with Gasteiger partial charge in [0.1, 0.15) is 0 Å². The van der Waals surface area contributed by atoms with Crippen molar-refractivity contribution in [3.8, 4) is 0 Å². The van der Waals surface area contributed by atoms with Crippen LogP contribution >= 0.6 is 11.8 Å². The minimum atomic E-state index is 0.672. The van der Waals surface area contributed by atoms with Gasteiger partial charge in [-0.1, -0.05) is 25.8 Å². The van der Waals surface area contributed by atoms with E-state index >= 15 is 0 Å². The van der Waals surface area contributed by atoms with E-state index in [9.17, 15) is 0 Å². The SMILES string of the molecule is CSc1cccc(NC2CCCCC2C)c1. The van der Waals surface area contributed by atoms with Gasteiger partial charge in [-0.05, 0) is 43.2 Å². The molecule has 1 aliphatic rings. The maximum absolute atomic E-state index is 3.69. The average Bonchev–Trinajstić information content (AvgIpc) is 2.32. The second-order valence-corrected chi connectivity index (χ2v) is 5.62. The molecule has 1 nitrogen and oxygen atoms in total. The van der Waals surface area contributed by atoms with Crippen LogP contribution in [-0.4, -0.2) is 12.3 Å². The van der Waals surface area contributed by atoms with Gasteiger partial charge in [0.05, 0.1) is 0 Å². The van der Waals surface area contributed by atoms with Crippen LogP contribution < -0.4 is 5.32 Å². The van der Waals surface area contributed by atoms with Gasteiger partial charge in [-0.3, -0.25) is 0 Å². The molecule has 1 aliphatic carbocycles. The summed E-state index contributed by atoms with van der Waals surface area (Å²) in [5, 5.41) is 3.69. The van der Waals surface area contributed by atoms with E-state index in [1.165, 1.54) is 36.3 Å². The molecule has 0 radical (unpaired) electrons. The Hall–Kier alpha value is -0.630. The molecular weight excluding hydrogens is 214 g/mol. The third-order valence-electron chi connectivity index (χ3n) is 3.53. The molecular formula is C14H21NS. The molecule has 1 saturated carbocycles. The van der Waals surface area contributed by atoms with E-state index in [1.807, 2.05) is 0 Å². The van der Waals surface area contributed by atoms with Gasteiger partial charge in [-0.2, -0.15) is 0 Å². The molecule has 1 aromatic carbocycles. The highest BCUT2D eigenvalue weighted by atomic mass is 32.2. The van der Waals surface area contributed by atoms with Gasteiger partial charge in [0.15, 0.2) is 0 Å². The van der Waals surface area contributed by atoms with Gasteiger partial charge < -0.3 is 5.32 Å². The Balaban J connectivity index is 2.01. The summed E-state index contributed by atoms with van der Waals surface area (Å²) in [6.07, 6.45) is 7.61. The monoisotopic (exact) mass is 235 g/mol. The van der Waals surface area contributed by atoms with Crippen LogP contribution in [0.3, 0.4) is 0 Å². The van der Waals surface area contributed by atoms with Crippen LogP contribution in [0.4, 0.5) is 5.69 Å². The Morgan fingerprint density at radius 2 is 2.06 bits per heavy atom. The maximum Gasteiger partial charge on any atom is 0.0353 e. The normalized spacial score (nSPS) is 25.4. The predicted molar refractivity (Wildman–Crippen MR) is 73.3 cm³/mol. The summed E-state index contributed by atoms with van der Waals surface area (Å²) in [7, 11) is 0. The fourth-order valence-electron chi connectivity index (χ4n) is 2.46. The van der Waals surface area contributed by atoms with Crippen LogP contribution in [0.5, 0.6) is 0 Å². The molecule has 1 N–H and O–H groups in total. The van der Waals surface area contributed by atoms with E-state index in [2.05, 4.69) is 42.8 Å². The zero-order valence-electron chi connectivity index (χ0n) is 10.2. The first-order chi connectivity index (χ1) is 7.79. The van der Waals surface area contributed by atoms with Crippen LogP contribution in [-0.2, 0) is 0 Å². The van der Waals surface area contributed by atoms with E-state index in [1.54, 1.807) is 11.8 Å². The van der Waals surface area contributed by atoms with Crippen molar-refractivity contribution in [2.45, 2.75) is 43.5 Å². The van der Waals surface area contributed by atoms with E-state index in [4.69, 9.17) is 0 Å². The van der Waals surface area contributed by atoms with E-state index < -0.39 is 0 Å². The van der Waals surface area contributed by atoms with Crippen molar-refractivity contribution < 1.29 is 0 Å². The molecule has 0 aliphatic heterocycles. The standard InChI is InChI=1S/C14H21NS/c1-11-6-3-4-9-14(11)15-12-7-5-8-13(10-12)16-2/h5,7-8,10-11,14-15H,3-4,6,9H2,1-2H3. The van der Waals surface area contributed by atoms with Crippen molar-refractivity contribution in [3.05, 3.63) is 24.3 Å². The van der Waals surface area contributed by atoms with Gasteiger partial charge in [-0.25, -0.2) is 0 Å². The van der Waals surface area contributed by atoms with Crippen molar-refractivity contribution in [3.63, 3.8) is 0 Å². The molecule has 2 atom stereocenters. The van der Waals surface area contributed by atoms with Crippen molar-refractivity contribution >= 4 is 17.4 Å². The molecule has 16 heavy (non-hydrogen) atoms. The zero-order valence-corrected chi connectivity index (χ0v) is 11.0. The number of benzene rings is 1. The summed E-state index contributed by atoms with van der Waals surface area (Å²) < 4.78 is 0. The van der Waals surface area contributed by atoms with Crippen molar-refractivity contribution in [1.82, 2.24) is 0 Å². The summed E-state index contributed by atoms with van der Waals surface area (Å²) in [6.45, 7) is 2.37. The third kappa shape index (κ3) is 2.94. The predicted octanol–water partition coefficient (Wildman–Crippen LogP) is 4.40. The maximum atomic E-state index is 3.69. The lowest BCUT2D eigenvalue weighted by atomic mass is 9.86. The number of hydrogen-bond acceptors (Lipinski definition) is 2. The summed E-state index contributed by atoms with van der Waals surface area (Å²) in [6, 6.07) is 9.42. The Morgan fingerprint density at radius 1 is 1.25 bits per heavy atom. The van der Waals surface area contributed by atoms with E-state index in [0.29, 0.717) is 6.04 Å². The molecule has 0 aromatic heterocycles. The number of thioether (sulfide) groups is 1. The van der Waals surface area contributed by atoms with Gasteiger partial charge >= 0.3 is 0 Å². The van der Waals surface area contributed by atoms with Gasteiger partial charge in [-0.15, -0.1) is 11.8 Å². The fourth-order valence-corrected chi connectivity index (χ4v) is 2.92. The van der Waals surface area contributed by atoms with E-state index in [-0.39, 0.29) is 0 Å². The first-order valence-corrected chi connectivity index (χ1v) is 7.42. The summed E-state index contributed by atoms with van der Waals surface area (Å²) in [5.74, 6) is 0.812. The van der Waals surface area contributed by atoms with Gasteiger partial charge in [0, 0.05) is 16.6 Å². The first-order valence-electron chi connectivity index (χ1n) is 6.20. The van der Waals surface area contributed by atoms with Crippen LogP contribution in [0.15, 0.2) is 29.2 Å². The lowest BCUT2D eigenvalue weighted by Crippen LogP contribution is -2.30.